The molecular formula is C13H23N3O4. The molecule has 20 heavy (non-hydrogen) atoms. The second-order valence-corrected chi connectivity index (χ2v) is 5.31. The number of aliphatic carboxylic acids is 1. The summed E-state index contributed by atoms with van der Waals surface area (Å²) >= 11 is 0. The van der Waals surface area contributed by atoms with Gasteiger partial charge in [0.25, 0.3) is 0 Å². The summed E-state index contributed by atoms with van der Waals surface area (Å²) in [6.07, 6.45) is 2.39. The van der Waals surface area contributed by atoms with E-state index in [1.54, 1.807) is 0 Å². The molecule has 0 aliphatic carbocycles. The van der Waals surface area contributed by atoms with Crippen LogP contribution in [-0.2, 0) is 9.59 Å². The van der Waals surface area contributed by atoms with Gasteiger partial charge in [-0.3, -0.25) is 4.79 Å². The van der Waals surface area contributed by atoms with Gasteiger partial charge in [0.1, 0.15) is 6.04 Å². The van der Waals surface area contributed by atoms with Gasteiger partial charge in [0.2, 0.25) is 5.91 Å². The van der Waals surface area contributed by atoms with E-state index in [4.69, 9.17) is 10.8 Å². The molecule has 1 rings (SSSR count). The fraction of sp³-hybridized carbons (Fsp3) is 0.769. The Morgan fingerprint density at radius 2 is 2.05 bits per heavy atom. The first kappa shape index (κ1) is 16.3. The average Bonchev–Trinajstić information content (AvgIpc) is 2.38. The van der Waals surface area contributed by atoms with Crippen LogP contribution in [0.25, 0.3) is 0 Å². The van der Waals surface area contributed by atoms with E-state index in [1.807, 2.05) is 13.8 Å². The van der Waals surface area contributed by atoms with E-state index in [0.29, 0.717) is 25.7 Å². The highest BCUT2D eigenvalue weighted by Gasteiger charge is 2.33. The summed E-state index contributed by atoms with van der Waals surface area (Å²) in [6.45, 7) is 3.99. The smallest absolute Gasteiger partial charge is 0.326 e. The number of carbonyl (C=O) groups excluding carboxylic acids is 2. The highest BCUT2D eigenvalue weighted by atomic mass is 16.4. The van der Waals surface area contributed by atoms with Gasteiger partial charge in [-0.25, -0.2) is 9.59 Å². The van der Waals surface area contributed by atoms with E-state index in [1.165, 1.54) is 4.90 Å². The molecule has 3 amide bonds. The number of amides is 3. The predicted octanol–water partition coefficient (Wildman–Crippen LogP) is 0.535. The maximum Gasteiger partial charge on any atom is 0.326 e. The minimum Gasteiger partial charge on any atom is -0.480 e. The third-order valence-electron chi connectivity index (χ3n) is 3.72. The minimum absolute atomic E-state index is 0.0262. The van der Waals surface area contributed by atoms with E-state index in [-0.39, 0.29) is 18.5 Å². The van der Waals surface area contributed by atoms with Crippen LogP contribution in [0, 0.1) is 5.92 Å². The maximum atomic E-state index is 12.2. The average molecular weight is 285 g/mol. The molecular weight excluding hydrogens is 262 g/mol. The molecule has 2 unspecified atom stereocenters. The summed E-state index contributed by atoms with van der Waals surface area (Å²) < 4.78 is 0. The van der Waals surface area contributed by atoms with Crippen molar-refractivity contribution in [2.45, 2.75) is 51.6 Å². The Hall–Kier alpha value is -1.79. The number of piperidine rings is 1. The molecule has 7 nitrogen and oxygen atoms in total. The van der Waals surface area contributed by atoms with Gasteiger partial charge in [-0.1, -0.05) is 13.3 Å². The molecule has 1 fully saturated rings. The molecule has 7 heteroatoms. The molecule has 0 radical (unpaired) electrons. The largest absolute Gasteiger partial charge is 0.480 e. The van der Waals surface area contributed by atoms with Crippen molar-refractivity contribution in [1.29, 1.82) is 0 Å². The number of primary amides is 1. The number of hydrogen-bond acceptors (Lipinski definition) is 3. The number of hydrogen-bond donors (Lipinski definition) is 3. The number of carboxylic acid groups (broad SMARTS) is 1. The van der Waals surface area contributed by atoms with Crippen LogP contribution >= 0.6 is 0 Å². The number of likely N-dealkylation sites (tertiary alicyclic amines) is 1. The van der Waals surface area contributed by atoms with Crippen LogP contribution in [0.5, 0.6) is 0 Å². The van der Waals surface area contributed by atoms with Crippen LogP contribution in [0.4, 0.5) is 4.79 Å². The molecule has 4 N–H and O–H groups in total. The monoisotopic (exact) mass is 285 g/mol. The third kappa shape index (κ3) is 4.11. The second kappa shape index (κ2) is 7.12. The Balaban J connectivity index is 2.68. The van der Waals surface area contributed by atoms with Gasteiger partial charge in [0.15, 0.2) is 0 Å². The fourth-order valence-electron chi connectivity index (χ4n) is 2.40. The fourth-order valence-corrected chi connectivity index (χ4v) is 2.40. The first-order valence-electron chi connectivity index (χ1n) is 6.96. The zero-order valence-electron chi connectivity index (χ0n) is 12.0. The van der Waals surface area contributed by atoms with Crippen molar-refractivity contribution in [3.8, 4) is 0 Å². The van der Waals surface area contributed by atoms with E-state index in [0.717, 1.165) is 0 Å². The van der Waals surface area contributed by atoms with E-state index in [2.05, 4.69) is 5.32 Å². The van der Waals surface area contributed by atoms with Crippen molar-refractivity contribution in [3.05, 3.63) is 0 Å². The number of nitrogens with zero attached hydrogens (tertiary/aromatic N) is 1. The van der Waals surface area contributed by atoms with Crippen LogP contribution in [-0.4, -0.2) is 46.5 Å². The number of nitrogens with two attached hydrogens (primary N) is 1. The van der Waals surface area contributed by atoms with Crippen molar-refractivity contribution in [3.63, 3.8) is 0 Å². The molecule has 3 atom stereocenters. The molecule has 114 valence electrons. The molecule has 0 aromatic rings. The molecule has 0 aromatic heterocycles. The topological polar surface area (TPSA) is 113 Å². The third-order valence-corrected chi connectivity index (χ3v) is 3.72. The minimum atomic E-state index is -1.05. The van der Waals surface area contributed by atoms with E-state index in [9.17, 15) is 14.4 Å². The van der Waals surface area contributed by atoms with Crippen LogP contribution in [0.2, 0.25) is 0 Å². The quantitative estimate of drug-likeness (QED) is 0.684. The number of nitrogens with one attached hydrogen (secondary N) is 1. The lowest BCUT2D eigenvalue weighted by Gasteiger charge is -2.37. The van der Waals surface area contributed by atoms with Crippen molar-refractivity contribution in [1.82, 2.24) is 10.2 Å². The summed E-state index contributed by atoms with van der Waals surface area (Å²) in [4.78, 5) is 36.0. The van der Waals surface area contributed by atoms with Crippen molar-refractivity contribution < 1.29 is 19.5 Å². The van der Waals surface area contributed by atoms with Gasteiger partial charge in [0, 0.05) is 12.6 Å². The molecule has 0 bridgehead atoms. The van der Waals surface area contributed by atoms with Gasteiger partial charge >= 0.3 is 12.0 Å². The van der Waals surface area contributed by atoms with Crippen molar-refractivity contribution in [2.75, 3.05) is 6.54 Å². The molecule has 0 aromatic carbocycles. The summed E-state index contributed by atoms with van der Waals surface area (Å²) in [6, 6.07) is -1.36. The zero-order chi connectivity index (χ0) is 15.3. The summed E-state index contributed by atoms with van der Waals surface area (Å²) in [7, 11) is 0. The Bertz CT molecular complexity index is 386. The normalized spacial score (nSPS) is 24.0. The number of carbonyl (C=O) groups is 3. The summed E-state index contributed by atoms with van der Waals surface area (Å²) in [5.74, 6) is -1.82. The predicted molar refractivity (Wildman–Crippen MR) is 72.9 cm³/mol. The second-order valence-electron chi connectivity index (χ2n) is 5.31. The van der Waals surface area contributed by atoms with Crippen LogP contribution < -0.4 is 11.1 Å². The van der Waals surface area contributed by atoms with Crippen LogP contribution in [0.15, 0.2) is 0 Å². The number of urea groups is 1. The van der Waals surface area contributed by atoms with Gasteiger partial charge in [-0.15, -0.1) is 0 Å². The van der Waals surface area contributed by atoms with Gasteiger partial charge in [-0.05, 0) is 26.2 Å². The van der Waals surface area contributed by atoms with Crippen molar-refractivity contribution in [2.24, 2.45) is 11.7 Å². The zero-order valence-corrected chi connectivity index (χ0v) is 12.0. The molecule has 0 saturated carbocycles. The molecule has 0 spiro atoms. The number of rotatable bonds is 5. The highest BCUT2D eigenvalue weighted by Crippen LogP contribution is 2.21. The number of carboxylic acids is 1. The van der Waals surface area contributed by atoms with Crippen molar-refractivity contribution >= 4 is 17.9 Å². The van der Waals surface area contributed by atoms with E-state index < -0.39 is 23.9 Å². The van der Waals surface area contributed by atoms with Gasteiger partial charge < -0.3 is 21.1 Å². The molecule has 1 heterocycles. The first-order valence-corrected chi connectivity index (χ1v) is 6.96. The first-order chi connectivity index (χ1) is 9.36. The standard InChI is InChI=1S/C13H23N3O4/c1-3-4-10(12(18)19)15-13(20)16-7-9(11(14)17)6-5-8(16)2/h8-10H,3-7H2,1-2H3,(H2,14,17)(H,15,20)(H,18,19)/t8?,9?,10-/m1/s1. The van der Waals surface area contributed by atoms with Crippen LogP contribution in [0.1, 0.15) is 39.5 Å². The summed E-state index contributed by atoms with van der Waals surface area (Å²) in [5, 5.41) is 11.6. The van der Waals surface area contributed by atoms with Gasteiger partial charge in [0.05, 0.1) is 5.92 Å². The maximum absolute atomic E-state index is 12.2. The Kier molecular flexibility index (Phi) is 5.79. The Labute approximate surface area is 118 Å². The van der Waals surface area contributed by atoms with Gasteiger partial charge in [-0.2, -0.15) is 0 Å². The Morgan fingerprint density at radius 3 is 2.55 bits per heavy atom. The lowest BCUT2D eigenvalue weighted by molar-refractivity contribution is -0.139. The molecule has 1 aliphatic heterocycles. The lowest BCUT2D eigenvalue weighted by atomic mass is 9.93. The summed E-state index contributed by atoms with van der Waals surface area (Å²) in [5.41, 5.74) is 5.28. The molecule has 1 aliphatic rings. The van der Waals surface area contributed by atoms with E-state index >= 15 is 0 Å². The van der Waals surface area contributed by atoms with Crippen LogP contribution in [0.3, 0.4) is 0 Å². The lowest BCUT2D eigenvalue weighted by Crippen LogP contribution is -2.55. The SMILES string of the molecule is CCC[C@@H](NC(=O)N1CC(C(N)=O)CCC1C)C(=O)O. The highest BCUT2D eigenvalue weighted by molar-refractivity contribution is 5.83. The Morgan fingerprint density at radius 1 is 1.40 bits per heavy atom. The molecule has 1 saturated heterocycles.